The highest BCUT2D eigenvalue weighted by molar-refractivity contribution is 7.16. The number of rotatable bonds is 7. The van der Waals surface area contributed by atoms with Crippen LogP contribution in [-0.2, 0) is 22.4 Å². The summed E-state index contributed by atoms with van der Waals surface area (Å²) in [7, 11) is 1.76. The van der Waals surface area contributed by atoms with Crippen molar-refractivity contribution < 1.29 is 9.59 Å². The molecule has 2 atom stereocenters. The van der Waals surface area contributed by atoms with Gasteiger partial charge in [-0.15, -0.1) is 11.3 Å². The Morgan fingerprint density at radius 2 is 1.78 bits per heavy atom. The summed E-state index contributed by atoms with van der Waals surface area (Å²) in [6.45, 7) is 1.95. The number of aromatic nitrogens is 1. The van der Waals surface area contributed by atoms with Crippen molar-refractivity contribution in [3.05, 3.63) is 82.4 Å². The van der Waals surface area contributed by atoms with Crippen LogP contribution in [0.2, 0.25) is 0 Å². The van der Waals surface area contributed by atoms with E-state index in [0.717, 1.165) is 35.7 Å². The van der Waals surface area contributed by atoms with Gasteiger partial charge in [-0.25, -0.2) is 4.98 Å². The minimum Gasteiger partial charge on any atom is -0.350 e. The van der Waals surface area contributed by atoms with E-state index < -0.39 is 0 Å². The van der Waals surface area contributed by atoms with Gasteiger partial charge in [0, 0.05) is 24.8 Å². The number of nitrogens with zero attached hydrogens (tertiary/aromatic N) is 2. The third-order valence-corrected chi connectivity index (χ3v) is 7.30. The molecule has 0 radical (unpaired) electrons. The molecule has 0 fully saturated rings. The monoisotopic (exact) mass is 447 g/mol. The zero-order chi connectivity index (χ0) is 22.5. The molecule has 1 heterocycles. The van der Waals surface area contributed by atoms with E-state index in [0.29, 0.717) is 5.92 Å². The molecule has 1 N–H and O–H groups in total. The highest BCUT2D eigenvalue weighted by atomic mass is 32.1. The standard InChI is InChI=1S/C26H29N3O2S/c1-18(19-9-5-3-6-10-19)27-24(30)15-16-25(31)29(2)26-28-22-14-13-21(17-23(22)32-26)20-11-7-4-8-12-20/h3-12,18,21H,13-17H2,1-2H3,(H,27,30)/t18-,21-/m0/s1. The van der Waals surface area contributed by atoms with Gasteiger partial charge in [0.1, 0.15) is 0 Å². The topological polar surface area (TPSA) is 62.3 Å². The zero-order valence-electron chi connectivity index (χ0n) is 18.6. The van der Waals surface area contributed by atoms with Crippen LogP contribution in [0.1, 0.15) is 59.8 Å². The van der Waals surface area contributed by atoms with Crippen molar-refractivity contribution in [2.75, 3.05) is 11.9 Å². The molecule has 2 amide bonds. The maximum atomic E-state index is 12.7. The summed E-state index contributed by atoms with van der Waals surface area (Å²) in [5.74, 6) is 0.304. The van der Waals surface area contributed by atoms with Gasteiger partial charge >= 0.3 is 0 Å². The molecule has 0 unspecified atom stereocenters. The first-order valence-corrected chi connectivity index (χ1v) is 12.0. The van der Waals surface area contributed by atoms with Gasteiger partial charge < -0.3 is 5.32 Å². The normalized spacial score (nSPS) is 16.1. The van der Waals surface area contributed by atoms with Gasteiger partial charge in [-0.3, -0.25) is 14.5 Å². The number of thiazole rings is 1. The number of aryl methyl sites for hydroxylation is 1. The number of fused-ring (bicyclic) bond motifs is 1. The average Bonchev–Trinajstić information content (AvgIpc) is 3.26. The van der Waals surface area contributed by atoms with Gasteiger partial charge in [0.2, 0.25) is 11.8 Å². The minimum absolute atomic E-state index is 0.0835. The Morgan fingerprint density at radius 3 is 2.50 bits per heavy atom. The molecule has 5 nitrogen and oxygen atoms in total. The predicted octanol–water partition coefficient (Wildman–Crippen LogP) is 5.04. The lowest BCUT2D eigenvalue weighted by molar-refractivity contribution is -0.125. The second kappa shape index (κ2) is 10.1. The molecule has 32 heavy (non-hydrogen) atoms. The van der Waals surface area contributed by atoms with Gasteiger partial charge in [0.15, 0.2) is 5.13 Å². The molecular formula is C26H29N3O2S. The smallest absolute Gasteiger partial charge is 0.229 e. The van der Waals surface area contributed by atoms with Crippen molar-refractivity contribution in [3.63, 3.8) is 0 Å². The third-order valence-electron chi connectivity index (χ3n) is 6.10. The van der Waals surface area contributed by atoms with E-state index in [4.69, 9.17) is 4.98 Å². The number of amides is 2. The lowest BCUT2D eigenvalue weighted by atomic mass is 9.85. The molecular weight excluding hydrogens is 418 g/mol. The number of hydrogen-bond donors (Lipinski definition) is 1. The Labute approximate surface area is 193 Å². The summed E-state index contributed by atoms with van der Waals surface area (Å²) >= 11 is 1.61. The molecule has 1 aliphatic rings. The third kappa shape index (κ3) is 5.25. The Morgan fingerprint density at radius 1 is 1.09 bits per heavy atom. The highest BCUT2D eigenvalue weighted by Gasteiger charge is 2.26. The molecule has 6 heteroatoms. The molecule has 0 aliphatic heterocycles. The van der Waals surface area contributed by atoms with Crippen LogP contribution in [0.15, 0.2) is 60.7 Å². The summed E-state index contributed by atoms with van der Waals surface area (Å²) in [5.41, 5.74) is 3.53. The average molecular weight is 448 g/mol. The van der Waals surface area contributed by atoms with Crippen molar-refractivity contribution in [2.45, 2.75) is 51.0 Å². The van der Waals surface area contributed by atoms with E-state index in [9.17, 15) is 9.59 Å². The SMILES string of the molecule is C[C@H](NC(=O)CCC(=O)N(C)c1nc2c(s1)C[C@@H](c1ccccc1)CC2)c1ccccc1. The van der Waals surface area contributed by atoms with E-state index in [2.05, 4.69) is 29.6 Å². The van der Waals surface area contributed by atoms with Crippen LogP contribution in [0.3, 0.4) is 0 Å². The number of benzene rings is 2. The lowest BCUT2D eigenvalue weighted by Gasteiger charge is -2.21. The maximum Gasteiger partial charge on any atom is 0.229 e. The summed E-state index contributed by atoms with van der Waals surface area (Å²) in [6.07, 6.45) is 3.33. The van der Waals surface area contributed by atoms with E-state index in [1.165, 1.54) is 10.4 Å². The van der Waals surface area contributed by atoms with E-state index in [1.54, 1.807) is 23.3 Å². The zero-order valence-corrected chi connectivity index (χ0v) is 19.4. The fourth-order valence-corrected chi connectivity index (χ4v) is 5.31. The Kier molecular flexibility index (Phi) is 7.00. The van der Waals surface area contributed by atoms with E-state index in [-0.39, 0.29) is 30.7 Å². The Hall–Kier alpha value is -2.99. The van der Waals surface area contributed by atoms with Crippen LogP contribution in [0.4, 0.5) is 5.13 Å². The van der Waals surface area contributed by atoms with Gasteiger partial charge in [-0.2, -0.15) is 0 Å². The highest BCUT2D eigenvalue weighted by Crippen LogP contribution is 2.37. The van der Waals surface area contributed by atoms with Crippen LogP contribution in [0.25, 0.3) is 0 Å². The number of carbonyl (C=O) groups excluding carboxylic acids is 2. The van der Waals surface area contributed by atoms with E-state index >= 15 is 0 Å². The largest absolute Gasteiger partial charge is 0.350 e. The quantitative estimate of drug-likeness (QED) is 0.552. The molecule has 1 aromatic heterocycles. The second-order valence-corrected chi connectivity index (χ2v) is 9.43. The van der Waals surface area contributed by atoms with E-state index in [1.807, 2.05) is 43.3 Å². The molecule has 4 rings (SSSR count). The number of hydrogen-bond acceptors (Lipinski definition) is 4. The molecule has 1 aliphatic carbocycles. The Bertz CT molecular complexity index is 1070. The Balaban J connectivity index is 1.31. The van der Waals surface area contributed by atoms with Gasteiger partial charge in [-0.1, -0.05) is 60.7 Å². The van der Waals surface area contributed by atoms with Gasteiger partial charge in [-0.05, 0) is 43.2 Å². The van der Waals surface area contributed by atoms with Crippen molar-refractivity contribution in [2.24, 2.45) is 0 Å². The molecule has 166 valence electrons. The molecule has 0 saturated heterocycles. The maximum absolute atomic E-state index is 12.7. The van der Waals surface area contributed by atoms with Crippen LogP contribution in [0.5, 0.6) is 0 Å². The summed E-state index contributed by atoms with van der Waals surface area (Å²) in [5, 5.41) is 3.70. The lowest BCUT2D eigenvalue weighted by Crippen LogP contribution is -2.30. The number of anilines is 1. The summed E-state index contributed by atoms with van der Waals surface area (Å²) in [6, 6.07) is 20.3. The first-order chi connectivity index (χ1) is 15.5. The van der Waals surface area contributed by atoms with Crippen LogP contribution < -0.4 is 10.2 Å². The molecule has 2 aromatic carbocycles. The van der Waals surface area contributed by atoms with Gasteiger partial charge in [0.05, 0.1) is 11.7 Å². The summed E-state index contributed by atoms with van der Waals surface area (Å²) < 4.78 is 0. The number of nitrogens with one attached hydrogen (secondary N) is 1. The fourth-order valence-electron chi connectivity index (χ4n) is 4.15. The van der Waals surface area contributed by atoms with Crippen LogP contribution in [0, 0.1) is 0 Å². The first-order valence-electron chi connectivity index (χ1n) is 11.2. The van der Waals surface area contributed by atoms with Crippen molar-refractivity contribution >= 4 is 28.3 Å². The molecule has 0 bridgehead atoms. The molecule has 0 saturated carbocycles. The first kappa shape index (κ1) is 22.2. The molecule has 0 spiro atoms. The number of carbonyl (C=O) groups is 2. The van der Waals surface area contributed by atoms with Crippen molar-refractivity contribution in [1.82, 2.24) is 10.3 Å². The van der Waals surface area contributed by atoms with Crippen LogP contribution >= 0.6 is 11.3 Å². The minimum atomic E-state index is -0.118. The van der Waals surface area contributed by atoms with Crippen LogP contribution in [-0.4, -0.2) is 23.8 Å². The second-order valence-electron chi connectivity index (χ2n) is 8.37. The summed E-state index contributed by atoms with van der Waals surface area (Å²) in [4.78, 5) is 32.7. The predicted molar refractivity (Wildman–Crippen MR) is 129 cm³/mol. The molecule has 3 aromatic rings. The van der Waals surface area contributed by atoms with Crippen molar-refractivity contribution in [3.8, 4) is 0 Å². The fraction of sp³-hybridized carbons (Fsp3) is 0.346. The van der Waals surface area contributed by atoms with Gasteiger partial charge in [0.25, 0.3) is 0 Å². The van der Waals surface area contributed by atoms with Crippen molar-refractivity contribution in [1.29, 1.82) is 0 Å².